The summed E-state index contributed by atoms with van der Waals surface area (Å²) in [4.78, 5) is 15.0. The topological polar surface area (TPSA) is 62.8 Å². The van der Waals surface area contributed by atoms with Gasteiger partial charge >= 0.3 is 0 Å². The van der Waals surface area contributed by atoms with Crippen molar-refractivity contribution in [3.8, 4) is 11.5 Å². The summed E-state index contributed by atoms with van der Waals surface area (Å²) in [5.41, 5.74) is 4.21. The monoisotopic (exact) mass is 471 g/mol. The van der Waals surface area contributed by atoms with Gasteiger partial charge in [-0.15, -0.1) is 0 Å². The first-order chi connectivity index (χ1) is 17.2. The fourth-order valence-electron chi connectivity index (χ4n) is 4.74. The third-order valence-corrected chi connectivity index (χ3v) is 6.96. The molecule has 2 heterocycles. The number of hydrogen-bond donors (Lipinski definition) is 2. The first-order valence-corrected chi connectivity index (χ1v) is 12.5. The van der Waals surface area contributed by atoms with Gasteiger partial charge in [-0.2, -0.15) is 0 Å². The first-order valence-electron chi connectivity index (χ1n) is 12.5. The molecule has 3 aromatic carbocycles. The van der Waals surface area contributed by atoms with E-state index in [0.717, 1.165) is 49.5 Å². The van der Waals surface area contributed by atoms with Crippen LogP contribution < -0.4 is 25.0 Å². The molecule has 1 fully saturated rings. The van der Waals surface area contributed by atoms with Crippen molar-refractivity contribution in [2.24, 2.45) is 0 Å². The number of benzene rings is 3. The Hall–Kier alpha value is -3.51. The zero-order valence-electron chi connectivity index (χ0n) is 20.2. The number of fused-ring (bicyclic) bond motifs is 1. The molecule has 1 atom stereocenters. The smallest absolute Gasteiger partial charge is 0.251 e. The Labute approximate surface area is 207 Å². The van der Waals surface area contributed by atoms with Crippen molar-refractivity contribution >= 4 is 11.6 Å². The predicted molar refractivity (Wildman–Crippen MR) is 138 cm³/mol. The number of carbonyl (C=O) groups excluding carboxylic acids is 1. The maximum absolute atomic E-state index is 12.6. The lowest BCUT2D eigenvalue weighted by Crippen LogP contribution is -2.43. The Balaban J connectivity index is 1.07. The Morgan fingerprint density at radius 3 is 2.49 bits per heavy atom. The molecule has 0 spiro atoms. The summed E-state index contributed by atoms with van der Waals surface area (Å²) in [6.45, 7) is 6.02. The summed E-state index contributed by atoms with van der Waals surface area (Å²) < 4.78 is 10.7. The van der Waals surface area contributed by atoms with Crippen LogP contribution in [-0.2, 0) is 6.54 Å². The van der Waals surface area contributed by atoms with Gasteiger partial charge in [0.15, 0.2) is 11.5 Å². The molecule has 1 saturated heterocycles. The molecule has 1 unspecified atom stereocenters. The van der Waals surface area contributed by atoms with E-state index in [4.69, 9.17) is 9.47 Å². The number of nitrogens with zero attached hydrogens (tertiary/aromatic N) is 1. The molecule has 0 radical (unpaired) electrons. The van der Waals surface area contributed by atoms with Crippen molar-refractivity contribution in [1.82, 2.24) is 10.6 Å². The van der Waals surface area contributed by atoms with E-state index >= 15 is 0 Å². The number of ether oxygens (including phenoxy) is 2. The van der Waals surface area contributed by atoms with Gasteiger partial charge in [0.1, 0.15) is 0 Å². The molecule has 0 aromatic heterocycles. The fraction of sp³-hybridized carbons (Fsp3) is 0.345. The molecule has 3 aromatic rings. The van der Waals surface area contributed by atoms with E-state index in [1.54, 1.807) is 0 Å². The zero-order valence-corrected chi connectivity index (χ0v) is 20.2. The van der Waals surface area contributed by atoms with Crippen LogP contribution in [0.1, 0.15) is 47.2 Å². The maximum Gasteiger partial charge on any atom is 0.251 e. The molecular weight excluding hydrogens is 438 g/mol. The van der Waals surface area contributed by atoms with Crippen LogP contribution in [0.15, 0.2) is 72.8 Å². The van der Waals surface area contributed by atoms with Gasteiger partial charge in [0.2, 0.25) is 6.79 Å². The Morgan fingerprint density at radius 1 is 0.971 bits per heavy atom. The van der Waals surface area contributed by atoms with Crippen LogP contribution in [0.4, 0.5) is 5.69 Å². The minimum Gasteiger partial charge on any atom is -0.454 e. The highest BCUT2D eigenvalue weighted by Gasteiger charge is 2.20. The van der Waals surface area contributed by atoms with Gasteiger partial charge in [-0.25, -0.2) is 0 Å². The fourth-order valence-corrected chi connectivity index (χ4v) is 4.74. The van der Waals surface area contributed by atoms with E-state index in [1.165, 1.54) is 11.3 Å². The number of nitrogens with one attached hydrogen (secondary N) is 2. The second kappa shape index (κ2) is 10.8. The van der Waals surface area contributed by atoms with Gasteiger partial charge in [-0.05, 0) is 66.3 Å². The number of rotatable bonds is 8. The van der Waals surface area contributed by atoms with E-state index < -0.39 is 0 Å². The highest BCUT2D eigenvalue weighted by molar-refractivity contribution is 5.94. The van der Waals surface area contributed by atoms with Gasteiger partial charge in [-0.3, -0.25) is 4.79 Å². The highest BCUT2D eigenvalue weighted by Crippen LogP contribution is 2.32. The molecule has 2 N–H and O–H groups in total. The molecule has 5 rings (SSSR count). The summed E-state index contributed by atoms with van der Waals surface area (Å²) in [7, 11) is 0. The van der Waals surface area contributed by atoms with Crippen molar-refractivity contribution in [1.29, 1.82) is 0 Å². The number of amides is 1. The summed E-state index contributed by atoms with van der Waals surface area (Å²) in [6.07, 6.45) is 2.25. The van der Waals surface area contributed by atoms with Crippen LogP contribution in [0.5, 0.6) is 11.5 Å². The van der Waals surface area contributed by atoms with Gasteiger partial charge in [0, 0.05) is 43.5 Å². The highest BCUT2D eigenvalue weighted by atomic mass is 16.7. The molecule has 0 saturated carbocycles. The Bertz CT molecular complexity index is 1130. The Kier molecular flexibility index (Phi) is 7.19. The van der Waals surface area contributed by atoms with Gasteiger partial charge in [0.25, 0.3) is 5.91 Å². The molecule has 6 heteroatoms. The lowest BCUT2D eigenvalue weighted by atomic mass is 9.99. The summed E-state index contributed by atoms with van der Waals surface area (Å²) >= 11 is 0. The molecule has 35 heavy (non-hydrogen) atoms. The van der Waals surface area contributed by atoms with E-state index in [-0.39, 0.29) is 12.7 Å². The summed E-state index contributed by atoms with van der Waals surface area (Å²) in [5.74, 6) is 1.91. The van der Waals surface area contributed by atoms with E-state index in [2.05, 4.69) is 64.9 Å². The second-order valence-corrected chi connectivity index (χ2v) is 9.40. The van der Waals surface area contributed by atoms with Gasteiger partial charge in [-0.1, -0.05) is 43.3 Å². The molecule has 0 aliphatic carbocycles. The van der Waals surface area contributed by atoms with E-state index in [9.17, 15) is 4.79 Å². The third-order valence-electron chi connectivity index (χ3n) is 6.96. The Morgan fingerprint density at radius 2 is 1.71 bits per heavy atom. The molecule has 6 nitrogen and oxygen atoms in total. The second-order valence-electron chi connectivity index (χ2n) is 9.40. The van der Waals surface area contributed by atoms with E-state index in [1.807, 2.05) is 30.3 Å². The van der Waals surface area contributed by atoms with Crippen molar-refractivity contribution in [2.75, 3.05) is 31.3 Å². The lowest BCUT2D eigenvalue weighted by Gasteiger charge is -2.34. The standard InChI is InChI=1S/C29H33N3O3/c1-21(23-5-3-2-4-6-23)18-30-25-13-15-32(16-14-25)26-10-8-24(9-11-26)29(33)31-19-22-7-12-27-28(17-22)35-20-34-27/h2-12,17,21,25,30H,13-16,18-20H2,1H3,(H,31,33). The van der Waals surface area contributed by atoms with Crippen LogP contribution in [0, 0.1) is 0 Å². The van der Waals surface area contributed by atoms with Crippen LogP contribution in [0.3, 0.4) is 0 Å². The van der Waals surface area contributed by atoms with Crippen molar-refractivity contribution in [2.45, 2.75) is 38.3 Å². The average Bonchev–Trinajstić information content (AvgIpc) is 3.39. The number of hydrogen-bond acceptors (Lipinski definition) is 5. The normalized spacial score (nSPS) is 16.2. The molecular formula is C29H33N3O3. The average molecular weight is 472 g/mol. The molecule has 182 valence electrons. The van der Waals surface area contributed by atoms with Crippen LogP contribution in [-0.4, -0.2) is 38.4 Å². The van der Waals surface area contributed by atoms with Crippen LogP contribution in [0.2, 0.25) is 0 Å². The van der Waals surface area contributed by atoms with Crippen LogP contribution in [0.25, 0.3) is 0 Å². The molecule has 2 aliphatic heterocycles. The van der Waals surface area contributed by atoms with Crippen molar-refractivity contribution in [3.63, 3.8) is 0 Å². The predicted octanol–water partition coefficient (Wildman–Crippen LogP) is 4.71. The summed E-state index contributed by atoms with van der Waals surface area (Å²) in [5, 5.41) is 6.75. The van der Waals surface area contributed by atoms with E-state index in [0.29, 0.717) is 24.1 Å². The minimum atomic E-state index is -0.0790. The largest absolute Gasteiger partial charge is 0.454 e. The van der Waals surface area contributed by atoms with Gasteiger partial charge in [0.05, 0.1) is 0 Å². The first kappa shape index (κ1) is 23.2. The number of anilines is 1. The maximum atomic E-state index is 12.6. The minimum absolute atomic E-state index is 0.0790. The molecule has 0 bridgehead atoms. The third kappa shape index (κ3) is 5.77. The number of piperidine rings is 1. The summed E-state index contributed by atoms with van der Waals surface area (Å²) in [6, 6.07) is 24.9. The SMILES string of the molecule is CC(CNC1CCN(c2ccc(C(=O)NCc3ccc4c(c3)OCO4)cc2)CC1)c1ccccc1. The number of carbonyl (C=O) groups is 1. The van der Waals surface area contributed by atoms with Gasteiger partial charge < -0.3 is 25.0 Å². The van der Waals surface area contributed by atoms with Crippen molar-refractivity contribution in [3.05, 3.63) is 89.5 Å². The quantitative estimate of drug-likeness (QED) is 0.498. The van der Waals surface area contributed by atoms with Crippen LogP contribution >= 0.6 is 0 Å². The zero-order chi connectivity index (χ0) is 24.0. The lowest BCUT2D eigenvalue weighted by molar-refractivity contribution is 0.0951. The van der Waals surface area contributed by atoms with Crippen molar-refractivity contribution < 1.29 is 14.3 Å². The molecule has 2 aliphatic rings. The molecule has 1 amide bonds.